The molecule has 0 unspecified atom stereocenters. The van der Waals surface area contributed by atoms with Crippen molar-refractivity contribution in [2.75, 3.05) is 26.2 Å². The van der Waals surface area contributed by atoms with Crippen LogP contribution in [0.15, 0.2) is 36.9 Å². The zero-order valence-electron chi connectivity index (χ0n) is 11.3. The summed E-state index contributed by atoms with van der Waals surface area (Å²) in [6.45, 7) is 9.32. The van der Waals surface area contributed by atoms with E-state index in [1.165, 1.54) is 6.92 Å². The van der Waals surface area contributed by atoms with Crippen molar-refractivity contribution < 1.29 is 9.53 Å². The lowest BCUT2D eigenvalue weighted by atomic mass is 10.0. The van der Waals surface area contributed by atoms with Gasteiger partial charge in [0.15, 0.2) is 0 Å². The van der Waals surface area contributed by atoms with E-state index in [1.807, 2.05) is 24.3 Å². The molecule has 1 aromatic carbocycles. The predicted molar refractivity (Wildman–Crippen MR) is 75.1 cm³/mol. The van der Waals surface area contributed by atoms with Crippen molar-refractivity contribution in [3.8, 4) is 5.75 Å². The minimum Gasteiger partial charge on any atom is -0.427 e. The van der Waals surface area contributed by atoms with Crippen LogP contribution in [0.4, 0.5) is 0 Å². The molecule has 4 nitrogen and oxygen atoms in total. The molecule has 0 spiro atoms. The van der Waals surface area contributed by atoms with Gasteiger partial charge in [0.05, 0.1) is 6.04 Å². The van der Waals surface area contributed by atoms with E-state index in [1.54, 1.807) is 6.07 Å². The Morgan fingerprint density at radius 3 is 2.84 bits per heavy atom. The summed E-state index contributed by atoms with van der Waals surface area (Å²) >= 11 is 0. The highest BCUT2D eigenvalue weighted by molar-refractivity contribution is 5.69. The number of benzene rings is 1. The molecule has 1 fully saturated rings. The van der Waals surface area contributed by atoms with Crippen LogP contribution in [0.3, 0.4) is 0 Å². The molecule has 19 heavy (non-hydrogen) atoms. The molecule has 1 heterocycles. The molecule has 1 N–H and O–H groups in total. The van der Waals surface area contributed by atoms with E-state index in [0.717, 1.165) is 31.7 Å². The van der Waals surface area contributed by atoms with Crippen LogP contribution in [0, 0.1) is 0 Å². The summed E-state index contributed by atoms with van der Waals surface area (Å²) in [7, 11) is 0. The second kappa shape index (κ2) is 6.50. The zero-order chi connectivity index (χ0) is 13.7. The molecule has 0 radical (unpaired) electrons. The number of esters is 1. The summed E-state index contributed by atoms with van der Waals surface area (Å²) < 4.78 is 5.13. The van der Waals surface area contributed by atoms with E-state index in [0.29, 0.717) is 5.75 Å². The fourth-order valence-corrected chi connectivity index (χ4v) is 2.38. The first kappa shape index (κ1) is 13.8. The normalized spacial score (nSPS) is 17.7. The van der Waals surface area contributed by atoms with Gasteiger partial charge in [-0.2, -0.15) is 0 Å². The van der Waals surface area contributed by atoms with Gasteiger partial charge in [-0.15, -0.1) is 6.58 Å². The summed E-state index contributed by atoms with van der Waals surface area (Å²) in [5.74, 6) is 0.293. The third-order valence-corrected chi connectivity index (χ3v) is 3.23. The fourth-order valence-electron chi connectivity index (χ4n) is 2.38. The maximum atomic E-state index is 11.0. The highest BCUT2D eigenvalue weighted by atomic mass is 16.5. The number of nitrogens with one attached hydrogen (secondary N) is 1. The van der Waals surface area contributed by atoms with E-state index in [9.17, 15) is 4.79 Å². The molecule has 0 aliphatic carbocycles. The van der Waals surface area contributed by atoms with Crippen LogP contribution < -0.4 is 10.1 Å². The monoisotopic (exact) mass is 260 g/mol. The molecule has 102 valence electrons. The Morgan fingerprint density at radius 2 is 2.21 bits per heavy atom. The molecule has 1 aliphatic heterocycles. The second-order valence-corrected chi connectivity index (χ2v) is 4.63. The number of carbonyl (C=O) groups excluding carboxylic acids is 1. The number of carbonyl (C=O) groups is 1. The predicted octanol–water partition coefficient (Wildman–Crippen LogP) is 1.74. The Balaban J connectivity index is 2.17. The Bertz CT molecular complexity index is 453. The first-order chi connectivity index (χ1) is 9.20. The summed E-state index contributed by atoms with van der Waals surface area (Å²) in [6, 6.07) is 7.82. The quantitative estimate of drug-likeness (QED) is 0.509. The molecule has 1 atom stereocenters. The topological polar surface area (TPSA) is 41.6 Å². The van der Waals surface area contributed by atoms with Crippen molar-refractivity contribution in [2.45, 2.75) is 13.0 Å². The van der Waals surface area contributed by atoms with Crippen molar-refractivity contribution in [1.29, 1.82) is 0 Å². The molecule has 0 saturated carbocycles. The van der Waals surface area contributed by atoms with Crippen LogP contribution in [-0.4, -0.2) is 37.0 Å². The molecular weight excluding hydrogens is 240 g/mol. The summed E-state index contributed by atoms with van der Waals surface area (Å²) in [4.78, 5) is 13.4. The van der Waals surface area contributed by atoms with Gasteiger partial charge in [-0.25, -0.2) is 0 Å². The van der Waals surface area contributed by atoms with Crippen LogP contribution in [0.5, 0.6) is 5.75 Å². The molecule has 0 amide bonds. The van der Waals surface area contributed by atoms with Gasteiger partial charge in [0, 0.05) is 33.1 Å². The third-order valence-electron chi connectivity index (χ3n) is 3.23. The Kier molecular flexibility index (Phi) is 4.71. The van der Waals surface area contributed by atoms with E-state index in [4.69, 9.17) is 4.74 Å². The average Bonchev–Trinajstić information content (AvgIpc) is 2.40. The maximum absolute atomic E-state index is 11.0. The zero-order valence-corrected chi connectivity index (χ0v) is 11.3. The minimum absolute atomic E-state index is 0.164. The molecule has 1 saturated heterocycles. The van der Waals surface area contributed by atoms with E-state index >= 15 is 0 Å². The molecule has 4 heteroatoms. The van der Waals surface area contributed by atoms with Gasteiger partial charge in [-0.05, 0) is 17.7 Å². The molecule has 1 aliphatic rings. The van der Waals surface area contributed by atoms with Crippen LogP contribution in [0.25, 0.3) is 0 Å². The Morgan fingerprint density at radius 1 is 1.47 bits per heavy atom. The van der Waals surface area contributed by atoms with Gasteiger partial charge in [-0.3, -0.25) is 9.69 Å². The molecular formula is C15H20N2O2. The highest BCUT2D eigenvalue weighted by Crippen LogP contribution is 2.25. The number of hydrogen-bond acceptors (Lipinski definition) is 4. The van der Waals surface area contributed by atoms with E-state index < -0.39 is 0 Å². The van der Waals surface area contributed by atoms with Crippen LogP contribution in [0.1, 0.15) is 18.5 Å². The smallest absolute Gasteiger partial charge is 0.308 e. The van der Waals surface area contributed by atoms with Gasteiger partial charge in [0.2, 0.25) is 0 Å². The fraction of sp³-hybridized carbons (Fsp3) is 0.400. The summed E-state index contributed by atoms with van der Waals surface area (Å²) in [6.07, 6.45) is 1.94. The molecule has 1 aromatic rings. The number of piperazine rings is 1. The van der Waals surface area contributed by atoms with Gasteiger partial charge >= 0.3 is 5.97 Å². The lowest BCUT2D eigenvalue weighted by Crippen LogP contribution is -2.44. The molecule has 0 bridgehead atoms. The van der Waals surface area contributed by atoms with E-state index in [-0.39, 0.29) is 12.0 Å². The first-order valence-corrected chi connectivity index (χ1v) is 6.56. The SMILES string of the molecule is C=C[C@@H](c1cccc(OC(C)=O)c1)N1CCNCC1. The van der Waals surface area contributed by atoms with Gasteiger partial charge < -0.3 is 10.1 Å². The number of rotatable bonds is 4. The Labute approximate surface area is 114 Å². The van der Waals surface area contributed by atoms with Crippen molar-refractivity contribution >= 4 is 5.97 Å². The van der Waals surface area contributed by atoms with Crippen molar-refractivity contribution in [3.63, 3.8) is 0 Å². The maximum Gasteiger partial charge on any atom is 0.308 e. The minimum atomic E-state index is -0.297. The number of ether oxygens (including phenoxy) is 1. The average molecular weight is 260 g/mol. The van der Waals surface area contributed by atoms with E-state index in [2.05, 4.69) is 16.8 Å². The number of nitrogens with zero attached hydrogens (tertiary/aromatic N) is 1. The first-order valence-electron chi connectivity index (χ1n) is 6.56. The van der Waals surface area contributed by atoms with Crippen molar-refractivity contribution in [3.05, 3.63) is 42.5 Å². The molecule has 0 aromatic heterocycles. The lowest BCUT2D eigenvalue weighted by Gasteiger charge is -2.33. The second-order valence-electron chi connectivity index (χ2n) is 4.63. The van der Waals surface area contributed by atoms with Crippen LogP contribution >= 0.6 is 0 Å². The Hall–Kier alpha value is -1.65. The summed E-state index contributed by atoms with van der Waals surface area (Å²) in [5, 5.41) is 3.34. The highest BCUT2D eigenvalue weighted by Gasteiger charge is 2.19. The van der Waals surface area contributed by atoms with Gasteiger partial charge in [0.1, 0.15) is 5.75 Å². The van der Waals surface area contributed by atoms with Crippen molar-refractivity contribution in [1.82, 2.24) is 10.2 Å². The molecule has 2 rings (SSSR count). The third kappa shape index (κ3) is 3.66. The number of hydrogen-bond donors (Lipinski definition) is 1. The summed E-state index contributed by atoms with van der Waals surface area (Å²) in [5.41, 5.74) is 1.11. The van der Waals surface area contributed by atoms with Gasteiger partial charge in [-0.1, -0.05) is 18.2 Å². The standard InChI is InChI=1S/C15H20N2O2/c1-3-15(17-9-7-16-8-10-17)13-5-4-6-14(11-13)19-12(2)18/h3-6,11,15-16H,1,7-10H2,2H3/t15-/m0/s1. The van der Waals surface area contributed by atoms with Crippen molar-refractivity contribution in [2.24, 2.45) is 0 Å². The largest absolute Gasteiger partial charge is 0.427 e. The lowest BCUT2D eigenvalue weighted by molar-refractivity contribution is -0.131. The van der Waals surface area contributed by atoms with Crippen LogP contribution in [0.2, 0.25) is 0 Å². The van der Waals surface area contributed by atoms with Gasteiger partial charge in [0.25, 0.3) is 0 Å². The van der Waals surface area contributed by atoms with Crippen LogP contribution in [-0.2, 0) is 4.79 Å².